The summed E-state index contributed by atoms with van der Waals surface area (Å²) in [5.74, 6) is -3.25. The minimum atomic E-state index is -1.03. The average Bonchev–Trinajstić information content (AvgIpc) is 3.18. The molecular formula is C26H17F3O5S. The largest absolute Gasteiger partial charge is 0.497 e. The van der Waals surface area contributed by atoms with E-state index in [1.807, 2.05) is 0 Å². The molecule has 0 saturated heterocycles. The second-order valence-corrected chi connectivity index (χ2v) is 8.41. The lowest BCUT2D eigenvalue weighted by Crippen LogP contribution is -2.04. The Labute approximate surface area is 202 Å². The molecule has 0 aliphatic heterocycles. The molecule has 4 aromatic rings. The van der Waals surface area contributed by atoms with Gasteiger partial charge in [-0.25, -0.2) is 13.2 Å². The van der Waals surface area contributed by atoms with Gasteiger partial charge >= 0.3 is 0 Å². The van der Waals surface area contributed by atoms with Gasteiger partial charge in [0.25, 0.3) is 6.47 Å². The molecule has 0 spiro atoms. The predicted octanol–water partition coefficient (Wildman–Crippen LogP) is 6.80. The summed E-state index contributed by atoms with van der Waals surface area (Å²) in [7, 11) is 1.49. The lowest BCUT2D eigenvalue weighted by molar-refractivity contribution is -0.123. The molecule has 0 amide bonds. The predicted molar refractivity (Wildman–Crippen MR) is 126 cm³/mol. The molecule has 9 heteroatoms. The molecule has 0 saturated carbocycles. The van der Waals surface area contributed by atoms with Gasteiger partial charge in [0.2, 0.25) is 5.78 Å². The van der Waals surface area contributed by atoms with Gasteiger partial charge in [0.15, 0.2) is 23.1 Å². The van der Waals surface area contributed by atoms with E-state index < -0.39 is 29.0 Å². The van der Waals surface area contributed by atoms with Crippen LogP contribution >= 0.6 is 11.3 Å². The fourth-order valence-electron chi connectivity index (χ4n) is 3.46. The van der Waals surface area contributed by atoms with Crippen LogP contribution in [0.1, 0.15) is 26.4 Å². The van der Waals surface area contributed by atoms with Gasteiger partial charge in [-0.05, 0) is 72.7 Å². The summed E-state index contributed by atoms with van der Waals surface area (Å²) in [6.07, 6.45) is 2.17. The van der Waals surface area contributed by atoms with Crippen molar-refractivity contribution in [2.45, 2.75) is 6.92 Å². The van der Waals surface area contributed by atoms with Crippen LogP contribution in [-0.4, -0.2) is 19.4 Å². The number of thiophene rings is 1. The fraction of sp³-hybridized carbons (Fsp3) is 0.0769. The van der Waals surface area contributed by atoms with E-state index in [0.29, 0.717) is 21.4 Å². The molecule has 0 fully saturated rings. The van der Waals surface area contributed by atoms with Gasteiger partial charge in [-0.15, -0.1) is 11.3 Å². The van der Waals surface area contributed by atoms with Gasteiger partial charge in [-0.3, -0.25) is 9.59 Å². The number of halogens is 3. The highest BCUT2D eigenvalue weighted by Gasteiger charge is 2.25. The first-order valence-corrected chi connectivity index (χ1v) is 11.0. The summed E-state index contributed by atoms with van der Waals surface area (Å²) in [5.41, 5.74) is 0.723. The smallest absolute Gasteiger partial charge is 0.297 e. The zero-order valence-corrected chi connectivity index (χ0v) is 19.3. The number of carbonyl (C=O) groups is 2. The molecule has 3 aromatic carbocycles. The van der Waals surface area contributed by atoms with Crippen molar-refractivity contribution in [3.8, 4) is 17.2 Å². The van der Waals surface area contributed by atoms with Crippen molar-refractivity contribution in [3.05, 3.63) is 93.8 Å². The number of ether oxygens (including phenoxy) is 3. The molecule has 0 atom stereocenters. The summed E-state index contributed by atoms with van der Waals surface area (Å²) in [5, 5.41) is 0.445. The molecule has 0 radical (unpaired) electrons. The van der Waals surface area contributed by atoms with E-state index in [1.165, 1.54) is 25.3 Å². The fourth-order valence-corrected chi connectivity index (χ4v) is 4.57. The second-order valence-electron chi connectivity index (χ2n) is 7.36. The second kappa shape index (κ2) is 10.0. The third kappa shape index (κ3) is 4.90. The Kier molecular flexibility index (Phi) is 6.88. The van der Waals surface area contributed by atoms with Crippen LogP contribution in [0.4, 0.5) is 13.2 Å². The number of fused-ring (bicyclic) bond motifs is 1. The van der Waals surface area contributed by atoms with Crippen LogP contribution in [-0.2, 0) is 9.53 Å². The Morgan fingerprint density at radius 3 is 2.37 bits per heavy atom. The van der Waals surface area contributed by atoms with E-state index in [-0.39, 0.29) is 28.2 Å². The Hall–Kier alpha value is -4.11. The molecule has 0 aliphatic carbocycles. The molecule has 0 bridgehead atoms. The third-order valence-corrected chi connectivity index (χ3v) is 6.24. The van der Waals surface area contributed by atoms with E-state index >= 15 is 0 Å². The molecular weight excluding hydrogens is 481 g/mol. The molecule has 0 aliphatic rings. The summed E-state index contributed by atoms with van der Waals surface area (Å²) < 4.78 is 59.2. The van der Waals surface area contributed by atoms with Gasteiger partial charge in [0.05, 0.1) is 13.4 Å². The van der Waals surface area contributed by atoms with Crippen LogP contribution < -0.4 is 9.47 Å². The topological polar surface area (TPSA) is 61.8 Å². The Bertz CT molecular complexity index is 1450. The van der Waals surface area contributed by atoms with Gasteiger partial charge in [0, 0.05) is 15.6 Å². The maximum Gasteiger partial charge on any atom is 0.297 e. The zero-order valence-electron chi connectivity index (χ0n) is 18.4. The molecule has 35 heavy (non-hydrogen) atoms. The summed E-state index contributed by atoms with van der Waals surface area (Å²) in [6.45, 7) is 1.76. The number of benzene rings is 3. The Balaban J connectivity index is 1.83. The summed E-state index contributed by atoms with van der Waals surface area (Å²) in [6, 6.07) is 10.7. The standard InChI is InChI=1S/C26H17F3O5S/c1-14-9-16(27)3-5-18(14)23(31)26-24(19-6-4-17(32-2)12-22(19)35-26)34-25-20(28)10-15(11-21(25)29)7-8-33-13-30/h3-13H,1-2H3/b8-7+. The maximum atomic E-state index is 14.8. The van der Waals surface area contributed by atoms with Gasteiger partial charge in [0.1, 0.15) is 16.4 Å². The van der Waals surface area contributed by atoms with Crippen molar-refractivity contribution in [1.82, 2.24) is 0 Å². The van der Waals surface area contributed by atoms with Crippen LogP contribution in [0, 0.1) is 24.4 Å². The van der Waals surface area contributed by atoms with Gasteiger partial charge < -0.3 is 14.2 Å². The van der Waals surface area contributed by atoms with Crippen molar-refractivity contribution < 1.29 is 37.0 Å². The van der Waals surface area contributed by atoms with Crippen molar-refractivity contribution in [2.75, 3.05) is 7.11 Å². The highest BCUT2D eigenvalue weighted by Crippen LogP contribution is 2.44. The molecule has 0 unspecified atom stereocenters. The number of hydrogen-bond donors (Lipinski definition) is 0. The number of carbonyl (C=O) groups excluding carboxylic acids is 2. The van der Waals surface area contributed by atoms with Crippen molar-refractivity contribution in [1.29, 1.82) is 0 Å². The number of ketones is 1. The van der Waals surface area contributed by atoms with Gasteiger partial charge in [-0.1, -0.05) is 0 Å². The minimum absolute atomic E-state index is 0.0354. The van der Waals surface area contributed by atoms with Crippen LogP contribution in [0.5, 0.6) is 17.2 Å². The lowest BCUT2D eigenvalue weighted by atomic mass is 10.0. The Morgan fingerprint density at radius 1 is 0.971 bits per heavy atom. The number of methoxy groups -OCH3 is 1. The van der Waals surface area contributed by atoms with Crippen LogP contribution in [0.2, 0.25) is 0 Å². The SMILES string of the molecule is COc1ccc2c(Oc3c(F)cc(/C=C/OC=O)cc3F)c(C(=O)c3ccc(F)cc3C)sc2c1. The maximum absolute atomic E-state index is 14.8. The first-order valence-electron chi connectivity index (χ1n) is 10.2. The lowest BCUT2D eigenvalue weighted by Gasteiger charge is -2.11. The van der Waals surface area contributed by atoms with E-state index in [9.17, 15) is 22.8 Å². The van der Waals surface area contributed by atoms with Crippen molar-refractivity contribution in [2.24, 2.45) is 0 Å². The van der Waals surface area contributed by atoms with Crippen LogP contribution in [0.3, 0.4) is 0 Å². The quantitative estimate of drug-likeness (QED) is 0.152. The van der Waals surface area contributed by atoms with Crippen molar-refractivity contribution in [3.63, 3.8) is 0 Å². The molecule has 1 aromatic heterocycles. The number of aryl methyl sites for hydroxylation is 1. The monoisotopic (exact) mass is 498 g/mol. The third-order valence-electron chi connectivity index (χ3n) is 5.11. The number of hydrogen-bond acceptors (Lipinski definition) is 6. The zero-order chi connectivity index (χ0) is 25.1. The van der Waals surface area contributed by atoms with E-state index in [0.717, 1.165) is 35.8 Å². The van der Waals surface area contributed by atoms with E-state index in [4.69, 9.17) is 9.47 Å². The average molecular weight is 498 g/mol. The number of rotatable bonds is 8. The Morgan fingerprint density at radius 2 is 1.71 bits per heavy atom. The van der Waals surface area contributed by atoms with Crippen LogP contribution in [0.15, 0.2) is 54.8 Å². The minimum Gasteiger partial charge on any atom is -0.497 e. The van der Waals surface area contributed by atoms with E-state index in [1.54, 1.807) is 25.1 Å². The summed E-state index contributed by atoms with van der Waals surface area (Å²) in [4.78, 5) is 23.8. The van der Waals surface area contributed by atoms with Crippen molar-refractivity contribution >= 4 is 39.8 Å². The van der Waals surface area contributed by atoms with Crippen LogP contribution in [0.25, 0.3) is 16.2 Å². The molecule has 5 nitrogen and oxygen atoms in total. The van der Waals surface area contributed by atoms with Gasteiger partial charge in [-0.2, -0.15) is 0 Å². The molecule has 0 N–H and O–H groups in total. The molecule has 1 heterocycles. The first kappa shape index (κ1) is 24.0. The summed E-state index contributed by atoms with van der Waals surface area (Å²) >= 11 is 1.06. The van der Waals surface area contributed by atoms with E-state index in [2.05, 4.69) is 4.74 Å². The molecule has 4 rings (SSSR count). The normalized spacial score (nSPS) is 11.1. The highest BCUT2D eigenvalue weighted by molar-refractivity contribution is 7.21. The first-order chi connectivity index (χ1) is 16.8. The highest BCUT2D eigenvalue weighted by atomic mass is 32.1. The molecule has 178 valence electrons.